The molecule has 1 amide bonds. The van der Waals surface area contributed by atoms with Gasteiger partial charge in [-0.1, -0.05) is 18.2 Å². The van der Waals surface area contributed by atoms with Crippen LogP contribution in [0.15, 0.2) is 59.4 Å². The summed E-state index contributed by atoms with van der Waals surface area (Å²) in [7, 11) is 0. The molecular weight excluding hydrogens is 371 g/mol. The lowest BCUT2D eigenvalue weighted by Gasteiger charge is -2.23. The number of nitrogens with one attached hydrogen (secondary N) is 1. The van der Waals surface area contributed by atoms with E-state index in [1.807, 2.05) is 38.1 Å². The Morgan fingerprint density at radius 3 is 2.59 bits per heavy atom. The van der Waals surface area contributed by atoms with Gasteiger partial charge in [-0.25, -0.2) is 9.37 Å². The number of amides is 1. The molecule has 1 aromatic heterocycles. The van der Waals surface area contributed by atoms with Gasteiger partial charge in [0.25, 0.3) is 5.56 Å². The van der Waals surface area contributed by atoms with Crippen LogP contribution in [0, 0.1) is 19.7 Å². The van der Waals surface area contributed by atoms with Gasteiger partial charge >= 0.3 is 0 Å². The maximum atomic E-state index is 13.5. The third-order valence-electron chi connectivity index (χ3n) is 4.44. The van der Waals surface area contributed by atoms with E-state index in [4.69, 9.17) is 0 Å². The number of benzene rings is 2. The van der Waals surface area contributed by atoms with Crippen molar-refractivity contribution in [2.45, 2.75) is 27.3 Å². The first-order valence-electron chi connectivity index (χ1n) is 9.35. The van der Waals surface area contributed by atoms with Crippen LogP contribution in [0.4, 0.5) is 21.7 Å². The number of aromatic nitrogens is 2. The van der Waals surface area contributed by atoms with Gasteiger partial charge in [-0.15, -0.1) is 0 Å². The molecule has 0 saturated carbocycles. The molecule has 3 aromatic rings. The van der Waals surface area contributed by atoms with E-state index in [0.717, 1.165) is 11.3 Å². The molecule has 0 radical (unpaired) electrons. The van der Waals surface area contributed by atoms with Gasteiger partial charge in [-0.3, -0.25) is 14.2 Å². The second-order valence-electron chi connectivity index (χ2n) is 6.76. The van der Waals surface area contributed by atoms with Crippen molar-refractivity contribution >= 4 is 23.2 Å². The fourth-order valence-corrected chi connectivity index (χ4v) is 3.08. The van der Waals surface area contributed by atoms with E-state index in [9.17, 15) is 14.0 Å². The van der Waals surface area contributed by atoms with Crippen LogP contribution in [-0.4, -0.2) is 22.0 Å². The third kappa shape index (κ3) is 4.87. The lowest BCUT2D eigenvalue weighted by atomic mass is 10.2. The van der Waals surface area contributed by atoms with Gasteiger partial charge in [0, 0.05) is 29.7 Å². The third-order valence-corrected chi connectivity index (χ3v) is 4.44. The molecule has 6 nitrogen and oxygen atoms in total. The zero-order chi connectivity index (χ0) is 21.0. The summed E-state index contributed by atoms with van der Waals surface area (Å²) in [6, 6.07) is 14.8. The Kier molecular flexibility index (Phi) is 6.07. The van der Waals surface area contributed by atoms with Crippen molar-refractivity contribution in [1.29, 1.82) is 0 Å². The molecule has 0 aliphatic heterocycles. The van der Waals surface area contributed by atoms with Gasteiger partial charge in [0.15, 0.2) is 0 Å². The number of aryl methyl sites for hydroxylation is 2. The van der Waals surface area contributed by atoms with Crippen molar-refractivity contribution in [2.75, 3.05) is 16.8 Å². The van der Waals surface area contributed by atoms with Crippen LogP contribution in [-0.2, 0) is 11.3 Å². The first kappa shape index (κ1) is 20.3. The molecule has 7 heteroatoms. The number of halogens is 1. The summed E-state index contributed by atoms with van der Waals surface area (Å²) in [4.78, 5) is 31.6. The molecule has 0 saturated heterocycles. The molecule has 29 heavy (non-hydrogen) atoms. The number of hydrogen-bond donors (Lipinski definition) is 1. The molecule has 150 valence electrons. The number of carbonyl (C=O) groups is 1. The maximum absolute atomic E-state index is 13.5. The number of nitrogens with zero attached hydrogens (tertiary/aromatic N) is 3. The number of anilines is 3. The number of hydrogen-bond acceptors (Lipinski definition) is 4. The van der Waals surface area contributed by atoms with E-state index in [1.54, 1.807) is 24.0 Å². The molecule has 0 atom stereocenters. The van der Waals surface area contributed by atoms with Crippen LogP contribution in [0.25, 0.3) is 0 Å². The van der Waals surface area contributed by atoms with E-state index in [0.29, 0.717) is 17.9 Å². The van der Waals surface area contributed by atoms with Crippen LogP contribution < -0.4 is 15.8 Å². The molecule has 1 heterocycles. The van der Waals surface area contributed by atoms with Crippen LogP contribution in [0.1, 0.15) is 18.2 Å². The smallest absolute Gasteiger partial charge is 0.255 e. The van der Waals surface area contributed by atoms with Crippen molar-refractivity contribution < 1.29 is 9.18 Å². The van der Waals surface area contributed by atoms with E-state index in [2.05, 4.69) is 10.3 Å². The van der Waals surface area contributed by atoms with Crippen molar-refractivity contribution in [3.63, 3.8) is 0 Å². The minimum atomic E-state index is -0.413. The molecule has 2 aromatic carbocycles. The maximum Gasteiger partial charge on any atom is 0.255 e. The van der Waals surface area contributed by atoms with Gasteiger partial charge in [-0.2, -0.15) is 0 Å². The monoisotopic (exact) mass is 394 g/mol. The minimum Gasteiger partial charge on any atom is -0.325 e. The second kappa shape index (κ2) is 8.68. The van der Waals surface area contributed by atoms with Gasteiger partial charge in [-0.05, 0) is 56.7 Å². The fourth-order valence-electron chi connectivity index (χ4n) is 3.08. The van der Waals surface area contributed by atoms with Crippen LogP contribution in [0.3, 0.4) is 0 Å². The predicted molar refractivity (Wildman–Crippen MR) is 112 cm³/mol. The van der Waals surface area contributed by atoms with Gasteiger partial charge in [0.05, 0.1) is 0 Å². The van der Waals surface area contributed by atoms with Crippen LogP contribution in [0.5, 0.6) is 0 Å². The predicted octanol–water partition coefficient (Wildman–Crippen LogP) is 3.80. The Morgan fingerprint density at radius 1 is 1.14 bits per heavy atom. The normalized spacial score (nSPS) is 10.6. The van der Waals surface area contributed by atoms with Gasteiger partial charge < -0.3 is 10.2 Å². The van der Waals surface area contributed by atoms with Crippen LogP contribution >= 0.6 is 0 Å². The molecule has 0 fully saturated rings. The largest absolute Gasteiger partial charge is 0.325 e. The van der Waals surface area contributed by atoms with Crippen LogP contribution in [0.2, 0.25) is 0 Å². The second-order valence-corrected chi connectivity index (χ2v) is 6.76. The molecular formula is C22H23FN4O2. The first-order chi connectivity index (χ1) is 13.9. The highest BCUT2D eigenvalue weighted by molar-refractivity contribution is 5.93. The molecule has 0 bridgehead atoms. The van der Waals surface area contributed by atoms with Crippen molar-refractivity contribution in [2.24, 2.45) is 0 Å². The number of rotatable bonds is 6. The Labute approximate surface area is 168 Å². The zero-order valence-electron chi connectivity index (χ0n) is 16.6. The van der Waals surface area contributed by atoms with E-state index < -0.39 is 5.82 Å². The van der Waals surface area contributed by atoms with E-state index >= 15 is 0 Å². The van der Waals surface area contributed by atoms with Crippen molar-refractivity contribution in [3.8, 4) is 0 Å². The molecule has 1 N–H and O–H groups in total. The van der Waals surface area contributed by atoms with E-state index in [-0.39, 0.29) is 24.0 Å². The first-order valence-corrected chi connectivity index (χ1v) is 9.35. The summed E-state index contributed by atoms with van der Waals surface area (Å²) in [5, 5.41) is 2.95. The molecule has 0 unspecified atom stereocenters. The Bertz CT molecular complexity index is 1090. The summed E-state index contributed by atoms with van der Waals surface area (Å²) in [5.41, 5.74) is 2.39. The Morgan fingerprint density at radius 2 is 1.90 bits per heavy atom. The highest BCUT2D eigenvalue weighted by Gasteiger charge is 2.18. The lowest BCUT2D eigenvalue weighted by molar-refractivity contribution is -0.119. The minimum absolute atomic E-state index is 0.189. The highest BCUT2D eigenvalue weighted by atomic mass is 19.1. The molecule has 0 spiro atoms. The molecule has 3 rings (SSSR count). The van der Waals surface area contributed by atoms with Crippen molar-refractivity contribution in [1.82, 2.24) is 9.55 Å². The lowest BCUT2D eigenvalue weighted by Crippen LogP contribution is -2.37. The topological polar surface area (TPSA) is 67.2 Å². The van der Waals surface area contributed by atoms with Gasteiger partial charge in [0.1, 0.15) is 12.4 Å². The summed E-state index contributed by atoms with van der Waals surface area (Å²) >= 11 is 0. The number of likely N-dealkylation sites (N-methyl/N-ethyl adjacent to an activating group) is 1. The zero-order valence-corrected chi connectivity index (χ0v) is 16.6. The average Bonchev–Trinajstić information content (AvgIpc) is 2.65. The summed E-state index contributed by atoms with van der Waals surface area (Å²) < 4.78 is 14.8. The Hall–Kier alpha value is -3.48. The quantitative estimate of drug-likeness (QED) is 0.691. The Balaban J connectivity index is 1.93. The highest BCUT2D eigenvalue weighted by Crippen LogP contribution is 2.18. The number of carbonyl (C=O) groups excluding carboxylic acids is 1. The van der Waals surface area contributed by atoms with Crippen molar-refractivity contribution in [3.05, 3.63) is 82.0 Å². The standard InChI is InChI=1S/C22H23FN4O2/c1-4-26(19-10-5-7-15(2)11-19)21(29)14-27-20(28)12-16(3)24-22(27)25-18-9-6-8-17(23)13-18/h5-13H,4,14H2,1-3H3,(H,24,25). The SMILES string of the molecule is CCN(C(=O)Cn1c(Nc2cccc(F)c2)nc(C)cc1=O)c1cccc(C)c1. The molecule has 0 aliphatic rings. The van der Waals surface area contributed by atoms with E-state index in [1.165, 1.54) is 22.8 Å². The fraction of sp³-hybridized carbons (Fsp3) is 0.227. The average molecular weight is 394 g/mol. The summed E-state index contributed by atoms with van der Waals surface area (Å²) in [5.74, 6) is -0.466. The summed E-state index contributed by atoms with van der Waals surface area (Å²) in [6.45, 7) is 5.80. The molecule has 0 aliphatic carbocycles. The van der Waals surface area contributed by atoms with Gasteiger partial charge in [0.2, 0.25) is 11.9 Å². The summed E-state index contributed by atoms with van der Waals surface area (Å²) in [6.07, 6.45) is 0.